The maximum absolute atomic E-state index is 10.9. The van der Waals surface area contributed by atoms with E-state index in [-0.39, 0.29) is 12.0 Å². The van der Waals surface area contributed by atoms with Crippen LogP contribution < -0.4 is 5.32 Å². The van der Waals surface area contributed by atoms with Crippen LogP contribution in [-0.2, 0) is 4.79 Å². The van der Waals surface area contributed by atoms with Crippen LogP contribution in [0.4, 0.5) is 0 Å². The third kappa shape index (κ3) is 2.28. The second-order valence-electron chi connectivity index (χ2n) is 4.23. The second kappa shape index (κ2) is 4.55. The van der Waals surface area contributed by atoms with Gasteiger partial charge >= 0.3 is 5.97 Å². The fourth-order valence-electron chi connectivity index (χ4n) is 2.15. The number of hydrogen-bond acceptors (Lipinski definition) is 2. The lowest BCUT2D eigenvalue weighted by atomic mass is 9.97. The number of hydrogen-bond donors (Lipinski definition) is 2. The highest BCUT2D eigenvalue weighted by Crippen LogP contribution is 2.30. The normalized spacial score (nSPS) is 24.6. The summed E-state index contributed by atoms with van der Waals surface area (Å²) in [4.78, 5) is 10.9. The second-order valence-corrected chi connectivity index (χ2v) is 5.15. The molecule has 4 heteroatoms. The summed E-state index contributed by atoms with van der Waals surface area (Å²) in [5.41, 5.74) is 2.39. The number of rotatable bonds is 2. The van der Waals surface area contributed by atoms with Crippen LogP contribution in [0.25, 0.3) is 0 Å². The minimum absolute atomic E-state index is 0.165. The van der Waals surface area contributed by atoms with E-state index in [2.05, 4.69) is 40.3 Å². The van der Waals surface area contributed by atoms with Crippen molar-refractivity contribution >= 4 is 21.9 Å². The molecule has 0 amide bonds. The molecule has 2 unspecified atom stereocenters. The lowest BCUT2D eigenvalue weighted by molar-refractivity contribution is -0.141. The monoisotopic (exact) mass is 283 g/mol. The van der Waals surface area contributed by atoms with E-state index in [0.29, 0.717) is 13.0 Å². The first-order valence-corrected chi connectivity index (χ1v) is 6.09. The van der Waals surface area contributed by atoms with Gasteiger partial charge in [0.2, 0.25) is 0 Å². The minimum Gasteiger partial charge on any atom is -0.481 e. The summed E-state index contributed by atoms with van der Waals surface area (Å²) in [6, 6.07) is 6.29. The fourth-order valence-corrected chi connectivity index (χ4v) is 2.53. The topological polar surface area (TPSA) is 49.3 Å². The summed E-state index contributed by atoms with van der Waals surface area (Å²) in [6.07, 6.45) is 0.673. The van der Waals surface area contributed by atoms with Crippen LogP contribution in [0.1, 0.15) is 23.6 Å². The first kappa shape index (κ1) is 11.6. The highest BCUT2D eigenvalue weighted by atomic mass is 79.9. The van der Waals surface area contributed by atoms with Gasteiger partial charge in [-0.05, 0) is 36.6 Å². The van der Waals surface area contributed by atoms with Crippen LogP contribution >= 0.6 is 15.9 Å². The lowest BCUT2D eigenvalue weighted by Crippen LogP contribution is -2.17. The SMILES string of the molecule is Cc1ccc(Br)cc1C1CC(C(=O)O)CN1. The molecule has 2 rings (SSSR count). The van der Waals surface area contributed by atoms with E-state index >= 15 is 0 Å². The summed E-state index contributed by atoms with van der Waals surface area (Å²) in [7, 11) is 0. The molecule has 1 fully saturated rings. The predicted octanol–water partition coefficient (Wildman–Crippen LogP) is 2.49. The zero-order valence-electron chi connectivity index (χ0n) is 9.03. The van der Waals surface area contributed by atoms with Gasteiger partial charge in [-0.1, -0.05) is 22.0 Å². The molecule has 86 valence electrons. The average molecular weight is 284 g/mol. The van der Waals surface area contributed by atoms with Gasteiger partial charge in [0.25, 0.3) is 0 Å². The van der Waals surface area contributed by atoms with E-state index in [9.17, 15) is 4.79 Å². The Balaban J connectivity index is 2.20. The Bertz CT molecular complexity index is 419. The molecule has 1 aliphatic rings. The zero-order valence-corrected chi connectivity index (χ0v) is 10.6. The van der Waals surface area contributed by atoms with Crippen LogP contribution in [0, 0.1) is 12.8 Å². The number of halogens is 1. The maximum Gasteiger partial charge on any atom is 0.307 e. The molecule has 3 nitrogen and oxygen atoms in total. The molecule has 0 spiro atoms. The van der Waals surface area contributed by atoms with E-state index in [0.717, 1.165) is 4.47 Å². The van der Waals surface area contributed by atoms with Gasteiger partial charge in [-0.2, -0.15) is 0 Å². The molecule has 0 radical (unpaired) electrons. The highest BCUT2D eigenvalue weighted by molar-refractivity contribution is 9.10. The van der Waals surface area contributed by atoms with Crippen molar-refractivity contribution in [2.75, 3.05) is 6.54 Å². The summed E-state index contributed by atoms with van der Waals surface area (Å²) < 4.78 is 1.04. The van der Waals surface area contributed by atoms with Crippen molar-refractivity contribution in [3.05, 3.63) is 33.8 Å². The van der Waals surface area contributed by atoms with Gasteiger partial charge in [0.1, 0.15) is 0 Å². The van der Waals surface area contributed by atoms with Gasteiger partial charge in [-0.15, -0.1) is 0 Å². The van der Waals surface area contributed by atoms with Crippen molar-refractivity contribution < 1.29 is 9.90 Å². The number of carbonyl (C=O) groups is 1. The maximum atomic E-state index is 10.9. The van der Waals surface area contributed by atoms with E-state index < -0.39 is 5.97 Å². The molecule has 1 aliphatic heterocycles. The number of benzene rings is 1. The molecule has 2 N–H and O–H groups in total. The molecule has 0 saturated carbocycles. The number of aliphatic carboxylic acids is 1. The molecule has 16 heavy (non-hydrogen) atoms. The van der Waals surface area contributed by atoms with Crippen molar-refractivity contribution in [1.82, 2.24) is 5.32 Å². The Morgan fingerprint density at radius 3 is 2.94 bits per heavy atom. The Labute approximate surface area is 103 Å². The van der Waals surface area contributed by atoms with Gasteiger partial charge in [0.15, 0.2) is 0 Å². The van der Waals surface area contributed by atoms with E-state index in [1.54, 1.807) is 0 Å². The zero-order chi connectivity index (χ0) is 11.7. The quantitative estimate of drug-likeness (QED) is 0.877. The Kier molecular flexibility index (Phi) is 3.30. The standard InChI is InChI=1S/C12H14BrNO2/c1-7-2-3-9(13)5-10(7)11-4-8(6-14-11)12(15)16/h2-3,5,8,11,14H,4,6H2,1H3,(H,15,16). The van der Waals surface area contributed by atoms with Gasteiger partial charge in [-0.25, -0.2) is 0 Å². The van der Waals surface area contributed by atoms with E-state index in [4.69, 9.17) is 5.11 Å². The summed E-state index contributed by atoms with van der Waals surface area (Å²) in [5.74, 6) is -0.967. The smallest absolute Gasteiger partial charge is 0.307 e. The van der Waals surface area contributed by atoms with Crippen molar-refractivity contribution in [1.29, 1.82) is 0 Å². The van der Waals surface area contributed by atoms with Gasteiger partial charge in [0, 0.05) is 17.1 Å². The Morgan fingerprint density at radius 2 is 2.31 bits per heavy atom. The predicted molar refractivity (Wildman–Crippen MR) is 65.4 cm³/mol. The first-order valence-electron chi connectivity index (χ1n) is 5.30. The van der Waals surface area contributed by atoms with E-state index in [1.807, 2.05) is 6.07 Å². The highest BCUT2D eigenvalue weighted by Gasteiger charge is 2.30. The molecule has 0 aliphatic carbocycles. The molecular weight excluding hydrogens is 270 g/mol. The molecule has 1 heterocycles. The Morgan fingerprint density at radius 1 is 1.56 bits per heavy atom. The minimum atomic E-state index is -0.706. The summed E-state index contributed by atoms with van der Waals surface area (Å²) >= 11 is 3.44. The van der Waals surface area contributed by atoms with Gasteiger partial charge in [0.05, 0.1) is 5.92 Å². The van der Waals surface area contributed by atoms with Crippen LogP contribution in [0.3, 0.4) is 0 Å². The van der Waals surface area contributed by atoms with Crippen molar-refractivity contribution in [3.8, 4) is 0 Å². The first-order chi connectivity index (χ1) is 7.58. The molecule has 2 atom stereocenters. The third-order valence-electron chi connectivity index (χ3n) is 3.10. The summed E-state index contributed by atoms with van der Waals surface area (Å²) in [5, 5.41) is 12.2. The summed E-state index contributed by atoms with van der Waals surface area (Å²) in [6.45, 7) is 2.61. The van der Waals surface area contributed by atoms with Gasteiger partial charge < -0.3 is 10.4 Å². The molecule has 1 saturated heterocycles. The van der Waals surface area contributed by atoms with Crippen molar-refractivity contribution in [2.24, 2.45) is 5.92 Å². The van der Waals surface area contributed by atoms with E-state index in [1.165, 1.54) is 11.1 Å². The van der Waals surface area contributed by atoms with Crippen LogP contribution in [0.2, 0.25) is 0 Å². The fraction of sp³-hybridized carbons (Fsp3) is 0.417. The molecule has 1 aromatic rings. The largest absolute Gasteiger partial charge is 0.481 e. The Hall–Kier alpha value is -0.870. The average Bonchev–Trinajstić information content (AvgIpc) is 2.70. The molecule has 0 bridgehead atoms. The van der Waals surface area contributed by atoms with Gasteiger partial charge in [-0.3, -0.25) is 4.79 Å². The van der Waals surface area contributed by atoms with Crippen molar-refractivity contribution in [2.45, 2.75) is 19.4 Å². The molecule has 1 aromatic carbocycles. The van der Waals surface area contributed by atoms with Crippen molar-refractivity contribution in [3.63, 3.8) is 0 Å². The number of carboxylic acids is 1. The van der Waals surface area contributed by atoms with Crippen LogP contribution in [0.15, 0.2) is 22.7 Å². The lowest BCUT2D eigenvalue weighted by Gasteiger charge is -2.14. The molecular formula is C12H14BrNO2. The number of aryl methyl sites for hydroxylation is 1. The number of carboxylic acid groups (broad SMARTS) is 1. The van der Waals surface area contributed by atoms with Crippen LogP contribution in [-0.4, -0.2) is 17.6 Å². The third-order valence-corrected chi connectivity index (χ3v) is 3.59. The van der Waals surface area contributed by atoms with Crippen LogP contribution in [0.5, 0.6) is 0 Å². The molecule has 0 aromatic heterocycles. The number of nitrogens with one attached hydrogen (secondary N) is 1.